The molecule has 0 radical (unpaired) electrons. The van der Waals surface area contributed by atoms with Crippen LogP contribution in [0.1, 0.15) is 19.5 Å². The molecule has 3 nitrogen and oxygen atoms in total. The largest absolute Gasteiger partial charge is 0.382 e. The van der Waals surface area contributed by atoms with Crippen LogP contribution in [-0.4, -0.2) is 16.6 Å². The molecule has 1 heterocycles. The van der Waals surface area contributed by atoms with Crippen molar-refractivity contribution in [3.8, 4) is 0 Å². The molecular formula is C10H15N3S. The van der Waals surface area contributed by atoms with E-state index in [0.717, 1.165) is 10.6 Å². The Balaban J connectivity index is 2.69. The predicted octanol–water partition coefficient (Wildman–Crippen LogP) is 2.11. The van der Waals surface area contributed by atoms with Crippen LogP contribution in [0.3, 0.4) is 0 Å². The molecule has 0 aromatic carbocycles. The fourth-order valence-corrected chi connectivity index (χ4v) is 1.79. The van der Waals surface area contributed by atoms with Gasteiger partial charge in [-0.1, -0.05) is 13.8 Å². The van der Waals surface area contributed by atoms with Gasteiger partial charge in [-0.05, 0) is 18.1 Å². The van der Waals surface area contributed by atoms with Crippen LogP contribution in [0.5, 0.6) is 0 Å². The molecule has 1 rings (SSSR count). The van der Waals surface area contributed by atoms with Crippen molar-refractivity contribution in [2.24, 2.45) is 11.7 Å². The number of hydrogen-bond acceptors (Lipinski definition) is 3. The molecule has 76 valence electrons. The van der Waals surface area contributed by atoms with Crippen molar-refractivity contribution in [1.29, 1.82) is 5.41 Å². The van der Waals surface area contributed by atoms with Crippen LogP contribution in [0.2, 0.25) is 0 Å². The highest BCUT2D eigenvalue weighted by atomic mass is 32.2. The normalized spacial score (nSPS) is 10.5. The molecule has 0 unspecified atom stereocenters. The minimum absolute atomic E-state index is 0.0250. The van der Waals surface area contributed by atoms with Crippen molar-refractivity contribution in [2.45, 2.75) is 18.7 Å². The van der Waals surface area contributed by atoms with Gasteiger partial charge in [0.2, 0.25) is 0 Å². The maximum atomic E-state index is 7.25. The number of thioether (sulfide) groups is 1. The molecule has 4 heteroatoms. The Morgan fingerprint density at radius 1 is 1.64 bits per heavy atom. The van der Waals surface area contributed by atoms with E-state index in [2.05, 4.69) is 18.8 Å². The Bertz CT molecular complexity index is 323. The minimum Gasteiger partial charge on any atom is -0.382 e. The minimum atomic E-state index is 0.0250. The second-order valence-corrected chi connectivity index (χ2v) is 4.59. The summed E-state index contributed by atoms with van der Waals surface area (Å²) in [5, 5.41) is 7.25. The van der Waals surface area contributed by atoms with Gasteiger partial charge in [0.25, 0.3) is 0 Å². The van der Waals surface area contributed by atoms with E-state index in [4.69, 9.17) is 11.1 Å². The lowest BCUT2D eigenvalue weighted by Crippen LogP contribution is -2.12. The number of aromatic nitrogens is 1. The quantitative estimate of drug-likeness (QED) is 0.453. The molecule has 0 bridgehead atoms. The van der Waals surface area contributed by atoms with Gasteiger partial charge in [0.1, 0.15) is 11.5 Å². The Labute approximate surface area is 88.6 Å². The van der Waals surface area contributed by atoms with Crippen LogP contribution in [0, 0.1) is 11.3 Å². The molecule has 3 N–H and O–H groups in total. The Hall–Kier alpha value is -1.03. The SMILES string of the molecule is CC(C)CSc1ccnc(C(=N)N)c1. The highest BCUT2D eigenvalue weighted by molar-refractivity contribution is 7.99. The molecular weight excluding hydrogens is 194 g/mol. The Morgan fingerprint density at radius 2 is 2.36 bits per heavy atom. The first kappa shape index (κ1) is 11.0. The average molecular weight is 209 g/mol. The monoisotopic (exact) mass is 209 g/mol. The molecule has 14 heavy (non-hydrogen) atoms. The van der Waals surface area contributed by atoms with Gasteiger partial charge in [-0.15, -0.1) is 11.8 Å². The van der Waals surface area contributed by atoms with Gasteiger partial charge in [-0.3, -0.25) is 10.4 Å². The predicted molar refractivity (Wildman–Crippen MR) is 60.8 cm³/mol. The summed E-state index contributed by atoms with van der Waals surface area (Å²) in [5.74, 6) is 1.76. The topological polar surface area (TPSA) is 62.8 Å². The summed E-state index contributed by atoms with van der Waals surface area (Å²) in [6.45, 7) is 4.36. The first-order chi connectivity index (χ1) is 6.59. The summed E-state index contributed by atoms with van der Waals surface area (Å²) in [4.78, 5) is 5.13. The van der Waals surface area contributed by atoms with E-state index in [1.165, 1.54) is 0 Å². The molecule has 0 aliphatic carbocycles. The van der Waals surface area contributed by atoms with E-state index in [1.54, 1.807) is 18.0 Å². The van der Waals surface area contributed by atoms with Crippen LogP contribution < -0.4 is 5.73 Å². The second kappa shape index (κ2) is 5.00. The third-order valence-corrected chi connectivity index (χ3v) is 3.01. The molecule has 0 amide bonds. The number of pyridine rings is 1. The molecule has 0 aliphatic rings. The van der Waals surface area contributed by atoms with E-state index in [-0.39, 0.29) is 5.84 Å². The summed E-state index contributed by atoms with van der Waals surface area (Å²) in [6, 6.07) is 3.80. The summed E-state index contributed by atoms with van der Waals surface area (Å²) in [5.41, 5.74) is 5.90. The Morgan fingerprint density at radius 3 is 2.93 bits per heavy atom. The zero-order valence-corrected chi connectivity index (χ0v) is 9.27. The first-order valence-electron chi connectivity index (χ1n) is 4.53. The molecule has 0 atom stereocenters. The molecule has 1 aromatic heterocycles. The van der Waals surface area contributed by atoms with Gasteiger partial charge in [0.05, 0.1) is 0 Å². The number of nitrogens with zero attached hydrogens (tertiary/aromatic N) is 1. The summed E-state index contributed by atoms with van der Waals surface area (Å²) in [6.07, 6.45) is 1.69. The molecule has 0 saturated heterocycles. The first-order valence-corrected chi connectivity index (χ1v) is 5.51. The van der Waals surface area contributed by atoms with Gasteiger partial charge in [-0.25, -0.2) is 0 Å². The molecule has 0 spiro atoms. The third kappa shape index (κ3) is 3.38. The van der Waals surface area contributed by atoms with Crippen LogP contribution in [0.25, 0.3) is 0 Å². The lowest BCUT2D eigenvalue weighted by molar-refractivity contribution is 0.750. The van der Waals surface area contributed by atoms with Gasteiger partial charge in [-0.2, -0.15) is 0 Å². The van der Waals surface area contributed by atoms with E-state index >= 15 is 0 Å². The van der Waals surface area contributed by atoms with Crippen molar-refractivity contribution in [1.82, 2.24) is 4.98 Å². The highest BCUT2D eigenvalue weighted by Gasteiger charge is 2.01. The van der Waals surface area contributed by atoms with Crippen LogP contribution >= 0.6 is 11.8 Å². The van der Waals surface area contributed by atoms with Gasteiger partial charge in [0.15, 0.2) is 0 Å². The standard InChI is InChI=1S/C10H15N3S/c1-7(2)6-14-8-3-4-13-9(5-8)10(11)12/h3-5,7H,6H2,1-2H3,(H3,11,12). The summed E-state index contributed by atoms with van der Waals surface area (Å²) >= 11 is 1.77. The van der Waals surface area contributed by atoms with E-state index < -0.39 is 0 Å². The summed E-state index contributed by atoms with van der Waals surface area (Å²) in [7, 11) is 0. The lowest BCUT2D eigenvalue weighted by Gasteiger charge is -2.05. The number of amidine groups is 1. The number of hydrogen-bond donors (Lipinski definition) is 2. The zero-order valence-electron chi connectivity index (χ0n) is 8.45. The van der Waals surface area contributed by atoms with Crippen molar-refractivity contribution in [3.63, 3.8) is 0 Å². The molecule has 0 saturated carbocycles. The van der Waals surface area contributed by atoms with Gasteiger partial charge in [0, 0.05) is 16.8 Å². The van der Waals surface area contributed by atoms with Crippen molar-refractivity contribution in [3.05, 3.63) is 24.0 Å². The average Bonchev–Trinajstić information content (AvgIpc) is 2.15. The molecule has 0 fully saturated rings. The number of nitrogens with two attached hydrogens (primary N) is 1. The van der Waals surface area contributed by atoms with E-state index in [0.29, 0.717) is 11.6 Å². The van der Waals surface area contributed by atoms with Crippen LogP contribution in [-0.2, 0) is 0 Å². The number of nitrogens with one attached hydrogen (secondary N) is 1. The maximum Gasteiger partial charge on any atom is 0.141 e. The number of rotatable bonds is 4. The van der Waals surface area contributed by atoms with Crippen molar-refractivity contribution < 1.29 is 0 Å². The molecule has 0 aliphatic heterocycles. The smallest absolute Gasteiger partial charge is 0.141 e. The van der Waals surface area contributed by atoms with Gasteiger partial charge >= 0.3 is 0 Å². The van der Waals surface area contributed by atoms with Crippen molar-refractivity contribution >= 4 is 17.6 Å². The fraction of sp³-hybridized carbons (Fsp3) is 0.400. The van der Waals surface area contributed by atoms with E-state index in [1.807, 2.05) is 12.1 Å². The number of nitrogen functional groups attached to an aromatic ring is 1. The van der Waals surface area contributed by atoms with Crippen molar-refractivity contribution in [2.75, 3.05) is 5.75 Å². The van der Waals surface area contributed by atoms with E-state index in [9.17, 15) is 0 Å². The van der Waals surface area contributed by atoms with Gasteiger partial charge < -0.3 is 5.73 Å². The fourth-order valence-electron chi connectivity index (χ4n) is 0.911. The second-order valence-electron chi connectivity index (χ2n) is 3.50. The third-order valence-electron chi connectivity index (χ3n) is 1.59. The maximum absolute atomic E-state index is 7.25. The summed E-state index contributed by atoms with van der Waals surface area (Å²) < 4.78 is 0. The molecule has 1 aromatic rings. The Kier molecular flexibility index (Phi) is 3.95. The van der Waals surface area contributed by atoms with Crippen LogP contribution in [0.4, 0.5) is 0 Å². The highest BCUT2D eigenvalue weighted by Crippen LogP contribution is 2.20. The van der Waals surface area contributed by atoms with Crippen LogP contribution in [0.15, 0.2) is 23.2 Å². The zero-order chi connectivity index (χ0) is 10.6. The lowest BCUT2D eigenvalue weighted by atomic mass is 10.3.